The SMILES string of the molecule is CC1CCC(NC2CCC3(CC2)OCCO3)CC1C. The number of hydrogen-bond donors (Lipinski definition) is 1. The summed E-state index contributed by atoms with van der Waals surface area (Å²) in [6.07, 6.45) is 8.67. The first-order chi connectivity index (χ1) is 9.17. The molecule has 0 bridgehead atoms. The van der Waals surface area contributed by atoms with E-state index in [1.165, 1.54) is 32.1 Å². The Kier molecular flexibility index (Phi) is 4.16. The number of hydrogen-bond acceptors (Lipinski definition) is 3. The van der Waals surface area contributed by atoms with Crippen molar-refractivity contribution in [3.05, 3.63) is 0 Å². The molecule has 3 nitrogen and oxygen atoms in total. The van der Waals surface area contributed by atoms with Gasteiger partial charge in [-0.1, -0.05) is 13.8 Å². The van der Waals surface area contributed by atoms with Crippen LogP contribution in [0.3, 0.4) is 0 Å². The van der Waals surface area contributed by atoms with E-state index in [1.807, 2.05) is 0 Å². The minimum absolute atomic E-state index is 0.202. The molecule has 3 heteroatoms. The van der Waals surface area contributed by atoms with E-state index in [4.69, 9.17) is 9.47 Å². The van der Waals surface area contributed by atoms with E-state index in [0.717, 1.165) is 43.9 Å². The maximum atomic E-state index is 5.80. The molecule has 0 aromatic rings. The molecule has 1 spiro atoms. The Hall–Kier alpha value is -0.120. The molecule has 3 aliphatic rings. The van der Waals surface area contributed by atoms with Gasteiger partial charge >= 0.3 is 0 Å². The third kappa shape index (κ3) is 3.14. The Labute approximate surface area is 117 Å². The van der Waals surface area contributed by atoms with E-state index in [-0.39, 0.29) is 5.79 Å². The summed E-state index contributed by atoms with van der Waals surface area (Å²) in [7, 11) is 0. The zero-order valence-corrected chi connectivity index (χ0v) is 12.5. The standard InChI is InChI=1S/C16H29NO2/c1-12-3-4-15(11-13(12)2)17-14-5-7-16(8-6-14)18-9-10-19-16/h12-15,17H,3-11H2,1-2H3. The molecule has 0 amide bonds. The van der Waals surface area contributed by atoms with Crippen LogP contribution in [0.1, 0.15) is 58.8 Å². The largest absolute Gasteiger partial charge is 0.348 e. The van der Waals surface area contributed by atoms with Gasteiger partial charge in [0, 0.05) is 24.9 Å². The highest BCUT2D eigenvalue weighted by Gasteiger charge is 2.40. The minimum Gasteiger partial charge on any atom is -0.348 e. The molecule has 2 saturated carbocycles. The van der Waals surface area contributed by atoms with Crippen molar-refractivity contribution in [3.63, 3.8) is 0 Å². The molecule has 0 radical (unpaired) electrons. The van der Waals surface area contributed by atoms with Crippen LogP contribution in [0.15, 0.2) is 0 Å². The molecule has 2 aliphatic carbocycles. The normalized spacial score (nSPS) is 39.8. The number of nitrogens with one attached hydrogen (secondary N) is 1. The fourth-order valence-electron chi connectivity index (χ4n) is 4.04. The second kappa shape index (κ2) is 5.71. The van der Waals surface area contributed by atoms with Crippen molar-refractivity contribution in [2.24, 2.45) is 11.8 Å². The van der Waals surface area contributed by atoms with Gasteiger partial charge in [-0.2, -0.15) is 0 Å². The lowest BCUT2D eigenvalue weighted by molar-refractivity contribution is -0.179. The molecule has 110 valence electrons. The highest BCUT2D eigenvalue weighted by atomic mass is 16.7. The highest BCUT2D eigenvalue weighted by molar-refractivity contribution is 4.88. The molecule has 3 unspecified atom stereocenters. The molecule has 19 heavy (non-hydrogen) atoms. The molecule has 3 atom stereocenters. The second-order valence-electron chi connectivity index (χ2n) is 7.01. The Balaban J connectivity index is 1.44. The first kappa shape index (κ1) is 13.8. The van der Waals surface area contributed by atoms with E-state index in [9.17, 15) is 0 Å². The van der Waals surface area contributed by atoms with E-state index in [1.54, 1.807) is 0 Å². The van der Waals surface area contributed by atoms with E-state index >= 15 is 0 Å². The Morgan fingerprint density at radius 3 is 2.16 bits per heavy atom. The monoisotopic (exact) mass is 267 g/mol. The van der Waals surface area contributed by atoms with Gasteiger partial charge in [-0.15, -0.1) is 0 Å². The molecule has 3 rings (SSSR count). The van der Waals surface area contributed by atoms with Crippen molar-refractivity contribution in [2.45, 2.75) is 76.7 Å². The van der Waals surface area contributed by atoms with Crippen LogP contribution >= 0.6 is 0 Å². The summed E-state index contributed by atoms with van der Waals surface area (Å²) in [5.41, 5.74) is 0. The summed E-state index contributed by atoms with van der Waals surface area (Å²) in [6, 6.07) is 1.43. The molecule has 1 aliphatic heterocycles. The lowest BCUT2D eigenvalue weighted by atomic mass is 9.78. The molecule has 1 saturated heterocycles. The van der Waals surface area contributed by atoms with E-state index < -0.39 is 0 Å². The van der Waals surface area contributed by atoms with Crippen LogP contribution < -0.4 is 5.32 Å². The van der Waals surface area contributed by atoms with Gasteiger partial charge in [0.25, 0.3) is 0 Å². The van der Waals surface area contributed by atoms with E-state index in [2.05, 4.69) is 19.2 Å². The maximum Gasteiger partial charge on any atom is 0.168 e. The zero-order chi connectivity index (χ0) is 13.3. The second-order valence-corrected chi connectivity index (χ2v) is 7.01. The van der Waals surface area contributed by atoms with Gasteiger partial charge in [0.2, 0.25) is 0 Å². The van der Waals surface area contributed by atoms with Gasteiger partial charge in [-0.3, -0.25) is 0 Å². The Morgan fingerprint density at radius 2 is 1.53 bits per heavy atom. The number of ether oxygens (including phenoxy) is 2. The van der Waals surface area contributed by atoms with Crippen molar-refractivity contribution in [1.29, 1.82) is 0 Å². The van der Waals surface area contributed by atoms with Crippen molar-refractivity contribution in [3.8, 4) is 0 Å². The summed E-state index contributed by atoms with van der Waals surface area (Å²) < 4.78 is 11.6. The average Bonchev–Trinajstić information content (AvgIpc) is 2.86. The van der Waals surface area contributed by atoms with Gasteiger partial charge in [0.1, 0.15) is 0 Å². The molecule has 3 fully saturated rings. The quantitative estimate of drug-likeness (QED) is 0.834. The van der Waals surface area contributed by atoms with Crippen LogP contribution in [0, 0.1) is 11.8 Å². The maximum absolute atomic E-state index is 5.80. The van der Waals surface area contributed by atoms with Gasteiger partial charge in [0.15, 0.2) is 5.79 Å². The fraction of sp³-hybridized carbons (Fsp3) is 1.00. The topological polar surface area (TPSA) is 30.5 Å². The van der Waals surface area contributed by atoms with Crippen molar-refractivity contribution >= 4 is 0 Å². The summed E-state index contributed by atoms with van der Waals surface area (Å²) in [5.74, 6) is 1.59. The first-order valence-corrected chi connectivity index (χ1v) is 8.21. The highest BCUT2D eigenvalue weighted by Crippen LogP contribution is 2.37. The molecule has 1 heterocycles. The van der Waals surface area contributed by atoms with Gasteiger partial charge in [0.05, 0.1) is 13.2 Å². The summed E-state index contributed by atoms with van der Waals surface area (Å²) in [5, 5.41) is 3.90. The first-order valence-electron chi connectivity index (χ1n) is 8.21. The summed E-state index contributed by atoms with van der Waals surface area (Å²) in [6.45, 7) is 6.39. The predicted octanol–water partition coefficient (Wildman–Crippen LogP) is 3.09. The summed E-state index contributed by atoms with van der Waals surface area (Å²) >= 11 is 0. The van der Waals surface area contributed by atoms with Crippen LogP contribution in [0.25, 0.3) is 0 Å². The molecular weight excluding hydrogens is 238 g/mol. The van der Waals surface area contributed by atoms with Crippen molar-refractivity contribution in [2.75, 3.05) is 13.2 Å². The smallest absolute Gasteiger partial charge is 0.168 e. The van der Waals surface area contributed by atoms with Gasteiger partial charge in [-0.25, -0.2) is 0 Å². The molecule has 1 N–H and O–H groups in total. The molecular formula is C16H29NO2. The van der Waals surface area contributed by atoms with E-state index in [0.29, 0.717) is 6.04 Å². The van der Waals surface area contributed by atoms with Crippen molar-refractivity contribution in [1.82, 2.24) is 5.32 Å². The Morgan fingerprint density at radius 1 is 0.842 bits per heavy atom. The zero-order valence-electron chi connectivity index (χ0n) is 12.5. The molecule has 0 aromatic carbocycles. The third-order valence-electron chi connectivity index (χ3n) is 5.63. The van der Waals surface area contributed by atoms with Crippen LogP contribution in [-0.4, -0.2) is 31.1 Å². The fourth-order valence-corrected chi connectivity index (χ4v) is 4.04. The Bertz CT molecular complexity index is 291. The minimum atomic E-state index is -0.202. The van der Waals surface area contributed by atoms with Crippen molar-refractivity contribution < 1.29 is 9.47 Å². The summed E-state index contributed by atoms with van der Waals surface area (Å²) in [4.78, 5) is 0. The van der Waals surface area contributed by atoms with Gasteiger partial charge in [-0.05, 0) is 43.9 Å². The van der Waals surface area contributed by atoms with Crippen LogP contribution in [0.5, 0.6) is 0 Å². The lowest BCUT2D eigenvalue weighted by Gasteiger charge is -2.39. The van der Waals surface area contributed by atoms with Crippen LogP contribution in [0.4, 0.5) is 0 Å². The predicted molar refractivity (Wildman–Crippen MR) is 76.0 cm³/mol. The van der Waals surface area contributed by atoms with Gasteiger partial charge < -0.3 is 14.8 Å². The average molecular weight is 267 g/mol. The molecule has 0 aromatic heterocycles. The lowest BCUT2D eigenvalue weighted by Crippen LogP contribution is -2.47. The van der Waals surface area contributed by atoms with Crippen LogP contribution in [-0.2, 0) is 9.47 Å². The third-order valence-corrected chi connectivity index (χ3v) is 5.63. The van der Waals surface area contributed by atoms with Crippen LogP contribution in [0.2, 0.25) is 0 Å². The number of rotatable bonds is 2.